The summed E-state index contributed by atoms with van der Waals surface area (Å²) in [5.74, 6) is -0.573. The molecule has 3 heteroatoms. The second-order valence-corrected chi connectivity index (χ2v) is 5.34. The Balaban J connectivity index is 2.81. The predicted molar refractivity (Wildman–Crippen MR) is 71.1 cm³/mol. The largest absolute Gasteiger partial charge is 0.457 e. The van der Waals surface area contributed by atoms with Crippen LogP contribution in [0.25, 0.3) is 0 Å². The molecule has 3 nitrogen and oxygen atoms in total. The average Bonchev–Trinajstić information content (AvgIpc) is 2.24. The van der Waals surface area contributed by atoms with Gasteiger partial charge >= 0.3 is 5.97 Å². The molecule has 1 aromatic rings. The number of hydrogen-bond acceptors (Lipinski definition) is 3. The molecule has 0 bridgehead atoms. The number of aliphatic hydroxyl groups excluding tert-OH is 1. The standard InChI is InChI=1S/C15H20O3/c1-10-7-6-8-12(9-10)13(16)11(2)14(17)18-15(3,4)5/h6-9,13,16H,2H2,1,3-5H3. The Morgan fingerprint density at radius 2 is 2.00 bits per heavy atom. The molecule has 0 heterocycles. The van der Waals surface area contributed by atoms with Gasteiger partial charge < -0.3 is 9.84 Å². The molecule has 0 aromatic heterocycles. The maximum atomic E-state index is 11.8. The third kappa shape index (κ3) is 4.00. The third-order valence-corrected chi connectivity index (χ3v) is 2.35. The van der Waals surface area contributed by atoms with Gasteiger partial charge in [-0.3, -0.25) is 0 Å². The van der Waals surface area contributed by atoms with Gasteiger partial charge in [0.25, 0.3) is 0 Å². The zero-order valence-corrected chi connectivity index (χ0v) is 11.4. The zero-order chi connectivity index (χ0) is 13.9. The van der Waals surface area contributed by atoms with Crippen LogP contribution < -0.4 is 0 Å². The van der Waals surface area contributed by atoms with Crippen molar-refractivity contribution in [1.29, 1.82) is 0 Å². The number of hydrogen-bond donors (Lipinski definition) is 1. The fourth-order valence-corrected chi connectivity index (χ4v) is 1.50. The van der Waals surface area contributed by atoms with Gasteiger partial charge in [0.15, 0.2) is 0 Å². The molecule has 18 heavy (non-hydrogen) atoms. The Hall–Kier alpha value is -1.61. The Bertz CT molecular complexity index is 455. The quantitative estimate of drug-likeness (QED) is 0.661. The summed E-state index contributed by atoms with van der Waals surface area (Å²) in [6, 6.07) is 7.33. The molecule has 1 aromatic carbocycles. The van der Waals surface area contributed by atoms with E-state index >= 15 is 0 Å². The summed E-state index contributed by atoms with van der Waals surface area (Å²) in [6.45, 7) is 10.9. The van der Waals surface area contributed by atoms with Crippen molar-refractivity contribution in [3.63, 3.8) is 0 Å². The fourth-order valence-electron chi connectivity index (χ4n) is 1.50. The van der Waals surface area contributed by atoms with Crippen LogP contribution in [0.15, 0.2) is 36.4 Å². The van der Waals surface area contributed by atoms with Crippen molar-refractivity contribution in [3.05, 3.63) is 47.5 Å². The first-order valence-corrected chi connectivity index (χ1v) is 5.87. The van der Waals surface area contributed by atoms with Gasteiger partial charge in [0.05, 0.1) is 5.57 Å². The van der Waals surface area contributed by atoms with Crippen molar-refractivity contribution in [2.75, 3.05) is 0 Å². The van der Waals surface area contributed by atoms with Crippen molar-refractivity contribution in [2.45, 2.75) is 39.4 Å². The van der Waals surface area contributed by atoms with E-state index in [1.807, 2.05) is 25.1 Å². The maximum absolute atomic E-state index is 11.8. The molecule has 1 atom stereocenters. The van der Waals surface area contributed by atoms with E-state index in [2.05, 4.69) is 6.58 Å². The number of esters is 1. The number of ether oxygens (including phenoxy) is 1. The second-order valence-electron chi connectivity index (χ2n) is 5.34. The highest BCUT2D eigenvalue weighted by Crippen LogP contribution is 2.23. The summed E-state index contributed by atoms with van der Waals surface area (Å²) in [5.41, 5.74) is 1.12. The van der Waals surface area contributed by atoms with Gasteiger partial charge in [-0.1, -0.05) is 36.4 Å². The van der Waals surface area contributed by atoms with Crippen molar-refractivity contribution in [1.82, 2.24) is 0 Å². The summed E-state index contributed by atoms with van der Waals surface area (Å²) in [4.78, 5) is 11.8. The summed E-state index contributed by atoms with van der Waals surface area (Å²) in [6.07, 6.45) is -1.03. The Morgan fingerprint density at radius 3 is 2.50 bits per heavy atom. The van der Waals surface area contributed by atoms with Gasteiger partial charge in [-0.15, -0.1) is 0 Å². The Labute approximate surface area is 108 Å². The van der Waals surface area contributed by atoms with E-state index in [0.29, 0.717) is 5.56 Å². The molecule has 1 rings (SSSR count). The Kier molecular flexibility index (Phi) is 4.30. The van der Waals surface area contributed by atoms with Crippen LogP contribution in [0.3, 0.4) is 0 Å². The summed E-state index contributed by atoms with van der Waals surface area (Å²) in [7, 11) is 0. The normalized spacial score (nSPS) is 12.9. The predicted octanol–water partition coefficient (Wildman–Crippen LogP) is 2.93. The number of carbonyl (C=O) groups is 1. The molecule has 0 saturated carbocycles. The SMILES string of the molecule is C=C(C(=O)OC(C)(C)C)C(O)c1cccc(C)c1. The molecule has 0 saturated heterocycles. The molecule has 1 N–H and O–H groups in total. The maximum Gasteiger partial charge on any atom is 0.336 e. The van der Waals surface area contributed by atoms with E-state index in [1.54, 1.807) is 26.8 Å². The molecular formula is C15H20O3. The van der Waals surface area contributed by atoms with Crippen molar-refractivity contribution < 1.29 is 14.6 Å². The number of aliphatic hydroxyl groups is 1. The highest BCUT2D eigenvalue weighted by molar-refractivity contribution is 5.89. The highest BCUT2D eigenvalue weighted by Gasteiger charge is 2.24. The fraction of sp³-hybridized carbons (Fsp3) is 0.400. The van der Waals surface area contributed by atoms with Crippen molar-refractivity contribution in [2.24, 2.45) is 0 Å². The van der Waals surface area contributed by atoms with Crippen LogP contribution in [-0.4, -0.2) is 16.7 Å². The monoisotopic (exact) mass is 248 g/mol. The van der Waals surface area contributed by atoms with E-state index in [1.165, 1.54) is 0 Å². The first-order valence-electron chi connectivity index (χ1n) is 5.87. The lowest BCUT2D eigenvalue weighted by Crippen LogP contribution is -2.26. The molecule has 0 aliphatic carbocycles. The van der Waals surface area contributed by atoms with Crippen LogP contribution in [0.4, 0.5) is 0 Å². The topological polar surface area (TPSA) is 46.5 Å². The number of aryl methyl sites for hydroxylation is 1. The lowest BCUT2D eigenvalue weighted by Gasteiger charge is -2.22. The average molecular weight is 248 g/mol. The first-order chi connectivity index (χ1) is 8.20. The number of carbonyl (C=O) groups excluding carboxylic acids is 1. The smallest absolute Gasteiger partial charge is 0.336 e. The lowest BCUT2D eigenvalue weighted by atomic mass is 10.0. The molecule has 0 aliphatic rings. The minimum atomic E-state index is -1.03. The molecular weight excluding hydrogens is 228 g/mol. The van der Waals surface area contributed by atoms with Gasteiger partial charge in [0.1, 0.15) is 11.7 Å². The molecule has 0 amide bonds. The third-order valence-electron chi connectivity index (χ3n) is 2.35. The van der Waals surface area contributed by atoms with Crippen molar-refractivity contribution in [3.8, 4) is 0 Å². The Morgan fingerprint density at radius 1 is 1.39 bits per heavy atom. The van der Waals surface area contributed by atoms with Crippen LogP contribution in [0, 0.1) is 6.92 Å². The summed E-state index contributed by atoms with van der Waals surface area (Å²) < 4.78 is 5.17. The minimum Gasteiger partial charge on any atom is -0.457 e. The van der Waals surface area contributed by atoms with Crippen LogP contribution in [0.5, 0.6) is 0 Å². The number of benzene rings is 1. The summed E-state index contributed by atoms with van der Waals surface area (Å²) in [5, 5.41) is 10.1. The van der Waals surface area contributed by atoms with Gasteiger partial charge in [-0.05, 0) is 33.3 Å². The van der Waals surface area contributed by atoms with E-state index in [4.69, 9.17) is 4.74 Å². The molecule has 0 aliphatic heterocycles. The molecule has 0 radical (unpaired) electrons. The molecule has 0 fully saturated rings. The molecule has 0 spiro atoms. The van der Waals surface area contributed by atoms with Crippen LogP contribution in [-0.2, 0) is 9.53 Å². The van der Waals surface area contributed by atoms with Gasteiger partial charge in [0, 0.05) is 0 Å². The molecule has 1 unspecified atom stereocenters. The van der Waals surface area contributed by atoms with Gasteiger partial charge in [0.2, 0.25) is 0 Å². The van der Waals surface area contributed by atoms with E-state index in [0.717, 1.165) is 5.56 Å². The van der Waals surface area contributed by atoms with E-state index in [9.17, 15) is 9.90 Å². The lowest BCUT2D eigenvalue weighted by molar-refractivity contribution is -0.151. The summed E-state index contributed by atoms with van der Waals surface area (Å²) >= 11 is 0. The number of rotatable bonds is 3. The van der Waals surface area contributed by atoms with Crippen LogP contribution in [0.1, 0.15) is 38.0 Å². The first kappa shape index (κ1) is 14.5. The molecule has 98 valence electrons. The highest BCUT2D eigenvalue weighted by atomic mass is 16.6. The van der Waals surface area contributed by atoms with Gasteiger partial charge in [-0.25, -0.2) is 4.79 Å². The zero-order valence-electron chi connectivity index (χ0n) is 11.4. The van der Waals surface area contributed by atoms with Crippen LogP contribution >= 0.6 is 0 Å². The van der Waals surface area contributed by atoms with Crippen LogP contribution in [0.2, 0.25) is 0 Å². The van der Waals surface area contributed by atoms with Gasteiger partial charge in [-0.2, -0.15) is 0 Å². The van der Waals surface area contributed by atoms with E-state index in [-0.39, 0.29) is 5.57 Å². The minimum absolute atomic E-state index is 0.0514. The van der Waals surface area contributed by atoms with E-state index < -0.39 is 17.7 Å². The second kappa shape index (κ2) is 5.36. The van der Waals surface area contributed by atoms with Crippen molar-refractivity contribution >= 4 is 5.97 Å².